The van der Waals surface area contributed by atoms with Gasteiger partial charge in [-0.1, -0.05) is 6.92 Å². The summed E-state index contributed by atoms with van der Waals surface area (Å²) in [5.74, 6) is 0.677. The Labute approximate surface area is 130 Å². The van der Waals surface area contributed by atoms with Crippen molar-refractivity contribution in [2.75, 3.05) is 0 Å². The van der Waals surface area contributed by atoms with Crippen LogP contribution in [-0.4, -0.2) is 11.4 Å². The lowest BCUT2D eigenvalue weighted by atomic mass is 9.77. The predicted molar refractivity (Wildman–Crippen MR) is 84.1 cm³/mol. The Balaban J connectivity index is 1.74. The number of carbonyl (C=O) groups is 1. The molecule has 112 valence electrons. The smallest absolute Gasteiger partial charge is 0.228 e. The Morgan fingerprint density at radius 2 is 2.19 bits per heavy atom. The van der Waals surface area contributed by atoms with E-state index in [9.17, 15) is 10.1 Å². The van der Waals surface area contributed by atoms with Gasteiger partial charge in [-0.2, -0.15) is 5.26 Å². The maximum absolute atomic E-state index is 12.7. The summed E-state index contributed by atoms with van der Waals surface area (Å²) >= 11 is 1.75. The maximum Gasteiger partial charge on any atom is 0.228 e. The third-order valence-corrected chi connectivity index (χ3v) is 6.07. The van der Waals surface area contributed by atoms with Crippen molar-refractivity contribution in [3.8, 4) is 6.07 Å². The van der Waals surface area contributed by atoms with Gasteiger partial charge in [0, 0.05) is 4.88 Å². The summed E-state index contributed by atoms with van der Waals surface area (Å²) < 4.78 is 0. The van der Waals surface area contributed by atoms with Crippen molar-refractivity contribution in [2.45, 2.75) is 63.3 Å². The van der Waals surface area contributed by atoms with Crippen molar-refractivity contribution in [1.82, 2.24) is 5.32 Å². The fraction of sp³-hybridized carbons (Fsp3) is 0.647. The second-order valence-electron chi connectivity index (χ2n) is 6.61. The molecule has 1 N–H and O–H groups in total. The lowest BCUT2D eigenvalue weighted by molar-refractivity contribution is -0.124. The van der Waals surface area contributed by atoms with Crippen molar-refractivity contribution in [3.63, 3.8) is 0 Å². The van der Waals surface area contributed by atoms with E-state index in [2.05, 4.69) is 29.8 Å². The normalized spacial score (nSPS) is 32.0. The van der Waals surface area contributed by atoms with Crippen LogP contribution in [0.2, 0.25) is 0 Å². The largest absolute Gasteiger partial charge is 0.337 e. The van der Waals surface area contributed by atoms with E-state index in [1.165, 1.54) is 10.4 Å². The van der Waals surface area contributed by atoms with Crippen molar-refractivity contribution in [3.05, 3.63) is 21.9 Å². The molecule has 1 fully saturated rings. The first-order chi connectivity index (χ1) is 10.1. The number of nitrogens with one attached hydrogen (secondary N) is 1. The molecule has 0 bridgehead atoms. The second-order valence-corrected chi connectivity index (χ2v) is 7.61. The topological polar surface area (TPSA) is 52.9 Å². The van der Waals surface area contributed by atoms with Gasteiger partial charge < -0.3 is 5.32 Å². The van der Waals surface area contributed by atoms with Crippen LogP contribution < -0.4 is 5.32 Å². The van der Waals surface area contributed by atoms with Gasteiger partial charge in [0.1, 0.15) is 5.54 Å². The number of aryl methyl sites for hydroxylation is 1. The van der Waals surface area contributed by atoms with E-state index in [1.807, 2.05) is 0 Å². The highest BCUT2D eigenvalue weighted by atomic mass is 32.1. The molecule has 1 aromatic rings. The number of hydrogen-bond donors (Lipinski definition) is 1. The van der Waals surface area contributed by atoms with E-state index in [4.69, 9.17) is 0 Å². The standard InChI is InChI=1S/C17H22N2OS/c1-12-5-8-17(11-18,9-6-12)19-16(20)14-3-2-4-15-13(14)7-10-21-15/h7,10,12,14H,2-6,8-9H2,1H3,(H,19,20). The Hall–Kier alpha value is -1.34. The number of carbonyl (C=O) groups excluding carboxylic acids is 1. The first-order valence-electron chi connectivity index (χ1n) is 7.93. The van der Waals surface area contributed by atoms with Crippen LogP contribution >= 0.6 is 11.3 Å². The molecule has 1 unspecified atom stereocenters. The van der Waals surface area contributed by atoms with Gasteiger partial charge in [-0.15, -0.1) is 11.3 Å². The Morgan fingerprint density at radius 3 is 2.90 bits per heavy atom. The molecule has 0 radical (unpaired) electrons. The number of nitrogens with zero attached hydrogens (tertiary/aromatic N) is 1. The van der Waals surface area contributed by atoms with Crippen LogP contribution in [0.5, 0.6) is 0 Å². The molecule has 0 spiro atoms. The van der Waals surface area contributed by atoms with E-state index >= 15 is 0 Å². The maximum atomic E-state index is 12.7. The lowest BCUT2D eigenvalue weighted by Crippen LogP contribution is -2.51. The molecule has 3 nitrogen and oxygen atoms in total. The minimum Gasteiger partial charge on any atom is -0.337 e. The van der Waals surface area contributed by atoms with Crippen molar-refractivity contribution < 1.29 is 4.79 Å². The molecular weight excluding hydrogens is 280 g/mol. The summed E-state index contributed by atoms with van der Waals surface area (Å²) in [5, 5.41) is 14.8. The van der Waals surface area contributed by atoms with Crippen LogP contribution in [0, 0.1) is 17.2 Å². The van der Waals surface area contributed by atoms with Crippen molar-refractivity contribution in [2.24, 2.45) is 5.92 Å². The van der Waals surface area contributed by atoms with Gasteiger partial charge in [-0.3, -0.25) is 4.79 Å². The molecule has 1 amide bonds. The van der Waals surface area contributed by atoms with Gasteiger partial charge in [0.2, 0.25) is 5.91 Å². The average Bonchev–Trinajstić information content (AvgIpc) is 2.98. The molecule has 2 aliphatic carbocycles. The second kappa shape index (κ2) is 5.81. The molecule has 21 heavy (non-hydrogen) atoms. The van der Waals surface area contributed by atoms with E-state index in [-0.39, 0.29) is 11.8 Å². The van der Waals surface area contributed by atoms with E-state index < -0.39 is 5.54 Å². The van der Waals surface area contributed by atoms with E-state index in [0.717, 1.165) is 44.9 Å². The molecule has 1 aromatic heterocycles. The molecule has 1 saturated carbocycles. The Kier molecular flexibility index (Phi) is 4.03. The van der Waals surface area contributed by atoms with E-state index in [1.54, 1.807) is 11.3 Å². The summed E-state index contributed by atoms with van der Waals surface area (Å²) in [6.45, 7) is 2.22. The molecule has 0 aromatic carbocycles. The molecule has 1 atom stereocenters. The van der Waals surface area contributed by atoms with Crippen molar-refractivity contribution >= 4 is 17.2 Å². The van der Waals surface area contributed by atoms with Crippen LogP contribution in [0.4, 0.5) is 0 Å². The van der Waals surface area contributed by atoms with Gasteiger partial charge in [-0.05, 0) is 67.9 Å². The van der Waals surface area contributed by atoms with Crippen LogP contribution in [0.3, 0.4) is 0 Å². The zero-order chi connectivity index (χ0) is 14.9. The fourth-order valence-corrected chi connectivity index (χ4v) is 4.59. The number of fused-ring (bicyclic) bond motifs is 1. The Bertz CT molecular complexity index is 564. The average molecular weight is 302 g/mol. The molecular formula is C17H22N2OS. The molecule has 4 heteroatoms. The molecule has 1 heterocycles. The highest BCUT2D eigenvalue weighted by molar-refractivity contribution is 7.10. The molecule has 3 rings (SSSR count). The summed E-state index contributed by atoms with van der Waals surface area (Å²) in [6, 6.07) is 4.49. The van der Waals surface area contributed by atoms with Crippen LogP contribution in [-0.2, 0) is 11.2 Å². The lowest BCUT2D eigenvalue weighted by Gasteiger charge is -2.36. The van der Waals surface area contributed by atoms with Crippen LogP contribution in [0.25, 0.3) is 0 Å². The van der Waals surface area contributed by atoms with Crippen molar-refractivity contribution in [1.29, 1.82) is 5.26 Å². The third kappa shape index (κ3) is 2.85. The van der Waals surface area contributed by atoms with Gasteiger partial charge in [0.05, 0.1) is 12.0 Å². The zero-order valence-electron chi connectivity index (χ0n) is 12.5. The first-order valence-corrected chi connectivity index (χ1v) is 8.81. The van der Waals surface area contributed by atoms with Gasteiger partial charge in [0.25, 0.3) is 0 Å². The third-order valence-electron chi connectivity index (χ3n) is 5.07. The van der Waals surface area contributed by atoms with Crippen LogP contribution in [0.15, 0.2) is 11.4 Å². The SMILES string of the molecule is CC1CCC(C#N)(NC(=O)C2CCCc3sccc32)CC1. The highest BCUT2D eigenvalue weighted by Gasteiger charge is 2.38. The summed E-state index contributed by atoms with van der Waals surface area (Å²) in [6.07, 6.45) is 6.72. The summed E-state index contributed by atoms with van der Waals surface area (Å²) in [4.78, 5) is 14.1. The van der Waals surface area contributed by atoms with Crippen LogP contribution in [0.1, 0.15) is 61.8 Å². The predicted octanol–water partition coefficient (Wildman–Crippen LogP) is 3.76. The first kappa shape index (κ1) is 14.6. The molecule has 2 aliphatic rings. The number of hydrogen-bond acceptors (Lipinski definition) is 3. The van der Waals surface area contributed by atoms with Gasteiger partial charge >= 0.3 is 0 Å². The number of amides is 1. The molecule has 0 aliphatic heterocycles. The Morgan fingerprint density at radius 1 is 1.43 bits per heavy atom. The van der Waals surface area contributed by atoms with Gasteiger partial charge in [0.15, 0.2) is 0 Å². The van der Waals surface area contributed by atoms with Gasteiger partial charge in [-0.25, -0.2) is 0 Å². The number of rotatable bonds is 2. The fourth-order valence-electron chi connectivity index (χ4n) is 3.60. The number of thiophene rings is 1. The minimum absolute atomic E-state index is 0.0513. The molecule has 0 saturated heterocycles. The quantitative estimate of drug-likeness (QED) is 0.904. The highest BCUT2D eigenvalue weighted by Crippen LogP contribution is 2.37. The number of nitriles is 1. The monoisotopic (exact) mass is 302 g/mol. The van der Waals surface area contributed by atoms with E-state index in [0.29, 0.717) is 5.92 Å². The zero-order valence-corrected chi connectivity index (χ0v) is 13.3. The summed E-state index contributed by atoms with van der Waals surface area (Å²) in [5.41, 5.74) is 0.568. The minimum atomic E-state index is -0.628. The summed E-state index contributed by atoms with van der Waals surface area (Å²) in [7, 11) is 0.